The van der Waals surface area contributed by atoms with E-state index in [-0.39, 0.29) is 6.61 Å². The van der Waals surface area contributed by atoms with Gasteiger partial charge in [0, 0.05) is 10.4 Å². The Bertz CT molecular complexity index is 410. The van der Waals surface area contributed by atoms with E-state index >= 15 is 0 Å². The van der Waals surface area contributed by atoms with Gasteiger partial charge < -0.3 is 5.11 Å². The fourth-order valence-electron chi connectivity index (χ4n) is 1.22. The lowest BCUT2D eigenvalue weighted by molar-refractivity contribution is 0.283. The number of hydrogen-bond acceptors (Lipinski definition) is 2. The molecule has 4 heteroatoms. The van der Waals surface area contributed by atoms with Crippen LogP contribution in [0.4, 0.5) is 0 Å². The zero-order valence-corrected chi connectivity index (χ0v) is 6.97. The lowest BCUT2D eigenvalue weighted by atomic mass is 10.1. The van der Waals surface area contributed by atoms with Crippen LogP contribution in [0.3, 0.4) is 0 Å². The minimum atomic E-state index is -0.0173. The van der Waals surface area contributed by atoms with E-state index in [4.69, 9.17) is 16.7 Å². The van der Waals surface area contributed by atoms with Crippen LogP contribution in [0, 0.1) is 0 Å². The summed E-state index contributed by atoms with van der Waals surface area (Å²) in [6, 6.07) is 3.52. The molecule has 2 rings (SSSR count). The number of benzene rings is 1. The van der Waals surface area contributed by atoms with Gasteiger partial charge in [-0.25, -0.2) is 0 Å². The summed E-state index contributed by atoms with van der Waals surface area (Å²) in [6.07, 6.45) is 1.68. The van der Waals surface area contributed by atoms with Gasteiger partial charge in [0.15, 0.2) is 0 Å². The average molecular weight is 183 g/mol. The van der Waals surface area contributed by atoms with E-state index in [1.807, 2.05) is 0 Å². The smallest absolute Gasteiger partial charge is 0.0689 e. The summed E-state index contributed by atoms with van der Waals surface area (Å²) < 4.78 is 0. The standard InChI is InChI=1S/C8H7ClN2O/c9-6-1-5(4-12)7-3-10-11-8(7)2-6/h1-3,12H,4H2,(H,10,11). The van der Waals surface area contributed by atoms with Crippen LogP contribution in [0.25, 0.3) is 10.9 Å². The molecule has 0 atom stereocenters. The van der Waals surface area contributed by atoms with Crippen molar-refractivity contribution in [3.63, 3.8) is 0 Å². The normalized spacial score (nSPS) is 10.8. The summed E-state index contributed by atoms with van der Waals surface area (Å²) in [7, 11) is 0. The van der Waals surface area contributed by atoms with Crippen LogP contribution in [0.15, 0.2) is 18.3 Å². The number of halogens is 1. The Kier molecular flexibility index (Phi) is 1.75. The van der Waals surface area contributed by atoms with Gasteiger partial charge in [0.1, 0.15) is 0 Å². The summed E-state index contributed by atoms with van der Waals surface area (Å²) in [5.74, 6) is 0. The van der Waals surface area contributed by atoms with Gasteiger partial charge in [-0.1, -0.05) is 11.6 Å². The quantitative estimate of drug-likeness (QED) is 0.706. The monoisotopic (exact) mass is 182 g/mol. The molecule has 2 N–H and O–H groups in total. The molecule has 0 unspecified atom stereocenters. The first kappa shape index (κ1) is 7.58. The van der Waals surface area contributed by atoms with E-state index in [0.717, 1.165) is 16.5 Å². The van der Waals surface area contributed by atoms with Crippen molar-refractivity contribution in [2.75, 3.05) is 0 Å². The third-order valence-corrected chi connectivity index (χ3v) is 2.00. The number of nitrogens with zero attached hydrogens (tertiary/aromatic N) is 1. The largest absolute Gasteiger partial charge is 0.392 e. The average Bonchev–Trinajstić information content (AvgIpc) is 2.50. The Morgan fingerprint density at radius 1 is 1.50 bits per heavy atom. The molecule has 0 saturated heterocycles. The van der Waals surface area contributed by atoms with Crippen molar-refractivity contribution in [2.24, 2.45) is 0 Å². The van der Waals surface area contributed by atoms with Crippen LogP contribution in [0.5, 0.6) is 0 Å². The van der Waals surface area contributed by atoms with Gasteiger partial charge in [-0.05, 0) is 17.7 Å². The SMILES string of the molecule is OCc1cc(Cl)cc2[nH]ncc12. The molecule has 0 spiro atoms. The van der Waals surface area contributed by atoms with Gasteiger partial charge in [-0.3, -0.25) is 5.10 Å². The fraction of sp³-hybridized carbons (Fsp3) is 0.125. The van der Waals surface area contributed by atoms with Crippen LogP contribution in [-0.4, -0.2) is 15.3 Å². The molecular formula is C8H7ClN2O. The molecule has 0 aliphatic rings. The summed E-state index contributed by atoms with van der Waals surface area (Å²) >= 11 is 5.80. The highest BCUT2D eigenvalue weighted by molar-refractivity contribution is 6.31. The molecular weight excluding hydrogens is 176 g/mol. The molecule has 12 heavy (non-hydrogen) atoms. The molecule has 1 heterocycles. The number of aromatic nitrogens is 2. The maximum atomic E-state index is 8.98. The molecule has 1 aromatic carbocycles. The highest BCUT2D eigenvalue weighted by Crippen LogP contribution is 2.21. The van der Waals surface area contributed by atoms with E-state index in [2.05, 4.69) is 10.2 Å². The first-order chi connectivity index (χ1) is 5.81. The molecule has 0 saturated carbocycles. The van der Waals surface area contributed by atoms with Gasteiger partial charge >= 0.3 is 0 Å². The highest BCUT2D eigenvalue weighted by atomic mass is 35.5. The van der Waals surface area contributed by atoms with Gasteiger partial charge in [0.05, 0.1) is 18.3 Å². The molecule has 1 aromatic heterocycles. The zero-order chi connectivity index (χ0) is 8.55. The second-order valence-electron chi connectivity index (χ2n) is 2.55. The molecule has 0 bridgehead atoms. The fourth-order valence-corrected chi connectivity index (χ4v) is 1.46. The topological polar surface area (TPSA) is 48.9 Å². The van der Waals surface area contributed by atoms with Crippen LogP contribution in [0.2, 0.25) is 5.02 Å². The molecule has 2 aromatic rings. The molecule has 0 aliphatic carbocycles. The Morgan fingerprint density at radius 2 is 2.33 bits per heavy atom. The number of rotatable bonds is 1. The molecule has 62 valence electrons. The van der Waals surface area contributed by atoms with Crippen LogP contribution >= 0.6 is 11.6 Å². The number of aromatic amines is 1. The van der Waals surface area contributed by atoms with Crippen LogP contribution < -0.4 is 0 Å². The minimum absolute atomic E-state index is 0.0173. The van der Waals surface area contributed by atoms with Crippen molar-refractivity contribution in [1.29, 1.82) is 0 Å². The Balaban J connectivity index is 2.80. The third kappa shape index (κ3) is 1.07. The zero-order valence-electron chi connectivity index (χ0n) is 6.21. The number of aliphatic hydroxyl groups is 1. The molecule has 0 amide bonds. The van der Waals surface area contributed by atoms with Crippen molar-refractivity contribution >= 4 is 22.5 Å². The predicted octanol–water partition coefficient (Wildman–Crippen LogP) is 1.71. The molecule has 0 radical (unpaired) electrons. The summed E-state index contributed by atoms with van der Waals surface area (Å²) in [5, 5.41) is 17.1. The lowest BCUT2D eigenvalue weighted by Gasteiger charge is -1.98. The third-order valence-electron chi connectivity index (χ3n) is 1.78. The first-order valence-corrected chi connectivity index (χ1v) is 3.91. The molecule has 3 nitrogen and oxygen atoms in total. The lowest BCUT2D eigenvalue weighted by Crippen LogP contribution is -1.83. The number of H-pyrrole nitrogens is 1. The van der Waals surface area contributed by atoms with Crippen molar-refractivity contribution in [3.8, 4) is 0 Å². The first-order valence-electron chi connectivity index (χ1n) is 3.53. The van der Waals surface area contributed by atoms with Gasteiger partial charge in [0.25, 0.3) is 0 Å². The number of hydrogen-bond donors (Lipinski definition) is 2. The Labute approximate surface area is 74.0 Å². The van der Waals surface area contributed by atoms with Crippen molar-refractivity contribution < 1.29 is 5.11 Å². The van der Waals surface area contributed by atoms with Gasteiger partial charge in [-0.15, -0.1) is 0 Å². The number of nitrogens with one attached hydrogen (secondary N) is 1. The van der Waals surface area contributed by atoms with E-state index in [1.165, 1.54) is 0 Å². The molecule has 0 aliphatic heterocycles. The number of aliphatic hydroxyl groups excluding tert-OH is 1. The van der Waals surface area contributed by atoms with Gasteiger partial charge in [0.2, 0.25) is 0 Å². The van der Waals surface area contributed by atoms with Crippen molar-refractivity contribution in [3.05, 3.63) is 28.9 Å². The van der Waals surface area contributed by atoms with E-state index in [9.17, 15) is 0 Å². The minimum Gasteiger partial charge on any atom is -0.392 e. The number of fused-ring (bicyclic) bond motifs is 1. The van der Waals surface area contributed by atoms with E-state index < -0.39 is 0 Å². The van der Waals surface area contributed by atoms with E-state index in [1.54, 1.807) is 18.3 Å². The summed E-state index contributed by atoms with van der Waals surface area (Å²) in [4.78, 5) is 0. The Hall–Kier alpha value is -1.06. The summed E-state index contributed by atoms with van der Waals surface area (Å²) in [5.41, 5.74) is 1.65. The second kappa shape index (κ2) is 2.77. The maximum absolute atomic E-state index is 8.98. The maximum Gasteiger partial charge on any atom is 0.0689 e. The predicted molar refractivity (Wildman–Crippen MR) is 47.0 cm³/mol. The second-order valence-corrected chi connectivity index (χ2v) is 2.99. The van der Waals surface area contributed by atoms with E-state index in [0.29, 0.717) is 5.02 Å². The van der Waals surface area contributed by atoms with Crippen molar-refractivity contribution in [2.45, 2.75) is 6.61 Å². The van der Waals surface area contributed by atoms with Gasteiger partial charge in [-0.2, -0.15) is 5.10 Å². The highest BCUT2D eigenvalue weighted by Gasteiger charge is 2.03. The van der Waals surface area contributed by atoms with Crippen LogP contribution in [0.1, 0.15) is 5.56 Å². The molecule has 0 fully saturated rings. The van der Waals surface area contributed by atoms with Crippen LogP contribution in [-0.2, 0) is 6.61 Å². The Morgan fingerprint density at radius 3 is 3.08 bits per heavy atom. The summed E-state index contributed by atoms with van der Waals surface area (Å²) in [6.45, 7) is -0.0173. The van der Waals surface area contributed by atoms with Crippen molar-refractivity contribution in [1.82, 2.24) is 10.2 Å².